The molecule has 112 valence electrons. The van der Waals surface area contributed by atoms with Gasteiger partial charge in [-0.15, -0.1) is 0 Å². The molecule has 0 aliphatic heterocycles. The number of hydrogen-bond donors (Lipinski definition) is 3. The summed E-state index contributed by atoms with van der Waals surface area (Å²) in [6, 6.07) is 5.29. The third-order valence-corrected chi connectivity index (χ3v) is 3.00. The maximum absolute atomic E-state index is 12.7. The Morgan fingerprint density at radius 2 is 1.95 bits per heavy atom. The van der Waals surface area contributed by atoms with Gasteiger partial charge in [-0.25, -0.2) is 9.18 Å². The summed E-state index contributed by atoms with van der Waals surface area (Å²) in [5.74, 6) is 0.448. The largest absolute Gasteiger partial charge is 0.396 e. The van der Waals surface area contributed by atoms with Crippen LogP contribution in [0.4, 0.5) is 14.9 Å². The molecule has 0 saturated heterocycles. The molecular weight excluding hydrogens is 259 g/mol. The molecule has 0 fully saturated rings. The van der Waals surface area contributed by atoms with Gasteiger partial charge in [-0.1, -0.05) is 13.8 Å². The minimum absolute atomic E-state index is 0.124. The summed E-state index contributed by atoms with van der Waals surface area (Å²) >= 11 is 0. The molecule has 1 atom stereocenters. The molecule has 20 heavy (non-hydrogen) atoms. The molecule has 0 aliphatic carbocycles. The molecule has 1 unspecified atom stereocenters. The van der Waals surface area contributed by atoms with Crippen LogP contribution in [0.5, 0.6) is 0 Å². The van der Waals surface area contributed by atoms with Crippen LogP contribution in [0.1, 0.15) is 26.7 Å². The first-order chi connectivity index (χ1) is 9.51. The third-order valence-electron chi connectivity index (χ3n) is 3.00. The van der Waals surface area contributed by atoms with Crippen molar-refractivity contribution in [3.63, 3.8) is 0 Å². The number of halogens is 1. The van der Waals surface area contributed by atoms with Crippen LogP contribution in [0.2, 0.25) is 0 Å². The Morgan fingerprint density at radius 1 is 1.30 bits per heavy atom. The van der Waals surface area contributed by atoms with E-state index in [9.17, 15) is 9.18 Å². The normalized spacial score (nSPS) is 12.2. The molecule has 4 nitrogen and oxygen atoms in total. The first kappa shape index (κ1) is 16.4. The second kappa shape index (κ2) is 8.53. The third kappa shape index (κ3) is 6.52. The monoisotopic (exact) mass is 282 g/mol. The molecule has 0 bridgehead atoms. The maximum atomic E-state index is 12.7. The predicted molar refractivity (Wildman–Crippen MR) is 78.1 cm³/mol. The Kier molecular flexibility index (Phi) is 7.01. The van der Waals surface area contributed by atoms with Crippen LogP contribution in [-0.4, -0.2) is 24.3 Å². The number of anilines is 1. The summed E-state index contributed by atoms with van der Waals surface area (Å²) in [6.07, 6.45) is 1.63. The average molecular weight is 282 g/mol. The fourth-order valence-electron chi connectivity index (χ4n) is 2.10. The van der Waals surface area contributed by atoms with Gasteiger partial charge in [0.25, 0.3) is 0 Å². The number of rotatable bonds is 7. The number of nitrogens with one attached hydrogen (secondary N) is 2. The SMILES string of the molecule is CC(C)CC(CCO)CNC(=O)Nc1ccc(F)cc1. The van der Waals surface area contributed by atoms with Crippen molar-refractivity contribution in [2.24, 2.45) is 11.8 Å². The van der Waals surface area contributed by atoms with Gasteiger partial charge in [-0.05, 0) is 48.9 Å². The fraction of sp³-hybridized carbons (Fsp3) is 0.533. The van der Waals surface area contributed by atoms with Crippen LogP contribution in [0.3, 0.4) is 0 Å². The highest BCUT2D eigenvalue weighted by Gasteiger charge is 2.12. The first-order valence-corrected chi connectivity index (χ1v) is 6.92. The molecule has 1 aromatic carbocycles. The zero-order valence-corrected chi connectivity index (χ0v) is 12.0. The molecule has 0 saturated carbocycles. The number of aliphatic hydroxyl groups is 1. The number of carbonyl (C=O) groups is 1. The number of urea groups is 1. The van der Waals surface area contributed by atoms with Crippen LogP contribution in [0.15, 0.2) is 24.3 Å². The van der Waals surface area contributed by atoms with Crippen LogP contribution in [-0.2, 0) is 0 Å². The fourth-order valence-corrected chi connectivity index (χ4v) is 2.10. The summed E-state index contributed by atoms with van der Waals surface area (Å²) in [4.78, 5) is 11.7. The summed E-state index contributed by atoms with van der Waals surface area (Å²) in [5, 5.41) is 14.4. The molecule has 0 heterocycles. The second-order valence-corrected chi connectivity index (χ2v) is 5.35. The van der Waals surface area contributed by atoms with Gasteiger partial charge in [0.05, 0.1) is 0 Å². The van der Waals surface area contributed by atoms with E-state index in [1.54, 1.807) is 0 Å². The second-order valence-electron chi connectivity index (χ2n) is 5.35. The molecule has 2 amide bonds. The van der Waals surface area contributed by atoms with Gasteiger partial charge in [0.2, 0.25) is 0 Å². The summed E-state index contributed by atoms with van der Waals surface area (Å²) in [6.45, 7) is 4.87. The maximum Gasteiger partial charge on any atom is 0.319 e. The Balaban J connectivity index is 2.38. The molecule has 1 rings (SSSR count). The molecular formula is C15H23FN2O2. The smallest absolute Gasteiger partial charge is 0.319 e. The van der Waals surface area contributed by atoms with Crippen molar-refractivity contribution < 1.29 is 14.3 Å². The number of carbonyl (C=O) groups excluding carboxylic acids is 1. The van der Waals surface area contributed by atoms with E-state index in [2.05, 4.69) is 24.5 Å². The van der Waals surface area contributed by atoms with Crippen LogP contribution in [0.25, 0.3) is 0 Å². The predicted octanol–water partition coefficient (Wildman–Crippen LogP) is 2.99. The lowest BCUT2D eigenvalue weighted by molar-refractivity contribution is 0.231. The minimum atomic E-state index is -0.337. The van der Waals surface area contributed by atoms with Crippen molar-refractivity contribution in [1.29, 1.82) is 0 Å². The quantitative estimate of drug-likeness (QED) is 0.720. The van der Waals surface area contributed by atoms with Gasteiger partial charge in [0, 0.05) is 18.8 Å². The number of benzene rings is 1. The van der Waals surface area contributed by atoms with Gasteiger partial charge >= 0.3 is 6.03 Å². The Morgan fingerprint density at radius 3 is 2.50 bits per heavy atom. The highest BCUT2D eigenvalue weighted by Crippen LogP contribution is 2.14. The van der Waals surface area contributed by atoms with E-state index in [0.717, 1.165) is 6.42 Å². The molecule has 3 N–H and O–H groups in total. The summed E-state index contributed by atoms with van der Waals surface area (Å²) in [7, 11) is 0. The lowest BCUT2D eigenvalue weighted by atomic mass is 9.94. The molecule has 0 aromatic heterocycles. The molecule has 5 heteroatoms. The van der Waals surface area contributed by atoms with Crippen LogP contribution < -0.4 is 10.6 Å². The van der Waals surface area contributed by atoms with Gasteiger partial charge in [0.1, 0.15) is 5.82 Å². The molecule has 0 spiro atoms. The standard InChI is InChI=1S/C15H23FN2O2/c1-11(2)9-12(7-8-19)10-17-15(20)18-14-5-3-13(16)4-6-14/h3-6,11-12,19H,7-10H2,1-2H3,(H2,17,18,20). The Bertz CT molecular complexity index is 407. The first-order valence-electron chi connectivity index (χ1n) is 6.92. The van der Waals surface area contributed by atoms with Crippen LogP contribution >= 0.6 is 0 Å². The highest BCUT2D eigenvalue weighted by molar-refractivity contribution is 5.89. The summed E-state index contributed by atoms with van der Waals surface area (Å²) in [5.41, 5.74) is 0.548. The Hall–Kier alpha value is -1.62. The van der Waals surface area contributed by atoms with E-state index in [0.29, 0.717) is 24.6 Å². The van der Waals surface area contributed by atoms with Gasteiger partial charge < -0.3 is 15.7 Å². The van der Waals surface area contributed by atoms with Crippen molar-refractivity contribution in [3.05, 3.63) is 30.1 Å². The summed E-state index contributed by atoms with van der Waals surface area (Å²) < 4.78 is 12.7. The van der Waals surface area contributed by atoms with Crippen molar-refractivity contribution in [2.45, 2.75) is 26.7 Å². The van der Waals surface area contributed by atoms with E-state index in [-0.39, 0.29) is 24.4 Å². The van der Waals surface area contributed by atoms with Crippen molar-refractivity contribution in [3.8, 4) is 0 Å². The molecule has 0 aliphatic rings. The number of aliphatic hydroxyl groups excluding tert-OH is 1. The zero-order valence-electron chi connectivity index (χ0n) is 12.0. The van der Waals surface area contributed by atoms with Gasteiger partial charge in [-0.2, -0.15) is 0 Å². The van der Waals surface area contributed by atoms with Crippen molar-refractivity contribution >= 4 is 11.7 Å². The van der Waals surface area contributed by atoms with E-state index < -0.39 is 0 Å². The van der Waals surface area contributed by atoms with E-state index >= 15 is 0 Å². The van der Waals surface area contributed by atoms with Crippen molar-refractivity contribution in [2.75, 3.05) is 18.5 Å². The van der Waals surface area contributed by atoms with Gasteiger partial charge in [0.15, 0.2) is 0 Å². The van der Waals surface area contributed by atoms with Crippen LogP contribution in [0, 0.1) is 17.7 Å². The number of hydrogen-bond acceptors (Lipinski definition) is 2. The number of amides is 2. The van der Waals surface area contributed by atoms with Gasteiger partial charge in [-0.3, -0.25) is 0 Å². The van der Waals surface area contributed by atoms with E-state index in [1.807, 2.05) is 0 Å². The Labute approximate surface area is 119 Å². The van der Waals surface area contributed by atoms with E-state index in [4.69, 9.17) is 5.11 Å². The van der Waals surface area contributed by atoms with Crippen molar-refractivity contribution in [1.82, 2.24) is 5.32 Å². The van der Waals surface area contributed by atoms with E-state index in [1.165, 1.54) is 24.3 Å². The molecule has 1 aromatic rings. The zero-order chi connectivity index (χ0) is 15.0. The topological polar surface area (TPSA) is 61.4 Å². The molecule has 0 radical (unpaired) electrons. The highest BCUT2D eigenvalue weighted by atomic mass is 19.1. The average Bonchev–Trinajstić information content (AvgIpc) is 2.38. The minimum Gasteiger partial charge on any atom is -0.396 e. The lowest BCUT2D eigenvalue weighted by Crippen LogP contribution is -2.33. The lowest BCUT2D eigenvalue weighted by Gasteiger charge is -2.18.